The van der Waals surface area contributed by atoms with Crippen LogP contribution in [0.1, 0.15) is 10.4 Å². The van der Waals surface area contributed by atoms with Gasteiger partial charge in [0.05, 0.1) is 15.9 Å². The third-order valence-corrected chi connectivity index (χ3v) is 4.40. The molecule has 2 aromatic carbocycles. The normalized spacial score (nSPS) is 11.3. The summed E-state index contributed by atoms with van der Waals surface area (Å²) in [6.07, 6.45) is 4.29. The maximum Gasteiger partial charge on any atom is 0.255 e. The summed E-state index contributed by atoms with van der Waals surface area (Å²) in [5.74, 6) is -0.301. The second-order valence-corrected chi connectivity index (χ2v) is 7.03. The van der Waals surface area contributed by atoms with Gasteiger partial charge in [0.1, 0.15) is 0 Å². The Bertz CT molecular complexity index is 983. The third-order valence-electron chi connectivity index (χ3n) is 3.27. The minimum Gasteiger partial charge on any atom is -0.322 e. The Morgan fingerprint density at radius 1 is 0.957 bits per heavy atom. The van der Waals surface area contributed by atoms with Crippen molar-refractivity contribution in [1.29, 1.82) is 0 Å². The zero-order valence-electron chi connectivity index (χ0n) is 12.2. The summed E-state index contributed by atoms with van der Waals surface area (Å²) in [6, 6.07) is 11.1. The number of carbonyl (C=O) groups is 1. The van der Waals surface area contributed by atoms with Crippen LogP contribution in [0.5, 0.6) is 0 Å². The highest BCUT2D eigenvalue weighted by atomic mass is 32.2. The fourth-order valence-electron chi connectivity index (χ4n) is 2.09. The van der Waals surface area contributed by atoms with E-state index in [1.807, 2.05) is 0 Å². The lowest BCUT2D eigenvalue weighted by Crippen LogP contribution is -2.12. The zero-order chi connectivity index (χ0) is 16.4. The third kappa shape index (κ3) is 3.35. The summed E-state index contributed by atoms with van der Waals surface area (Å²) in [5.41, 5.74) is 2.31. The molecule has 0 bridgehead atoms. The van der Waals surface area contributed by atoms with Gasteiger partial charge in [0.15, 0.2) is 9.84 Å². The Morgan fingerprint density at radius 2 is 1.61 bits per heavy atom. The van der Waals surface area contributed by atoms with Crippen LogP contribution in [0, 0.1) is 0 Å². The van der Waals surface area contributed by atoms with Crippen LogP contribution in [0.2, 0.25) is 0 Å². The minimum absolute atomic E-state index is 0.205. The van der Waals surface area contributed by atoms with Gasteiger partial charge in [0.2, 0.25) is 0 Å². The molecule has 3 rings (SSSR count). The molecule has 0 atom stereocenters. The maximum atomic E-state index is 12.3. The van der Waals surface area contributed by atoms with Gasteiger partial charge in [-0.1, -0.05) is 0 Å². The van der Waals surface area contributed by atoms with Gasteiger partial charge in [-0.2, -0.15) is 0 Å². The van der Waals surface area contributed by atoms with Gasteiger partial charge in [-0.25, -0.2) is 8.42 Å². The van der Waals surface area contributed by atoms with E-state index < -0.39 is 9.84 Å². The molecule has 0 spiro atoms. The van der Waals surface area contributed by atoms with Crippen molar-refractivity contribution in [2.45, 2.75) is 4.90 Å². The van der Waals surface area contributed by atoms with Crippen molar-refractivity contribution in [2.24, 2.45) is 0 Å². The van der Waals surface area contributed by atoms with E-state index in [9.17, 15) is 13.2 Å². The average Bonchev–Trinajstić information content (AvgIpc) is 2.54. The number of carbonyl (C=O) groups excluding carboxylic acids is 1. The number of rotatable bonds is 3. The van der Waals surface area contributed by atoms with Gasteiger partial charge < -0.3 is 5.32 Å². The second kappa shape index (κ2) is 5.77. The van der Waals surface area contributed by atoms with E-state index in [2.05, 4.69) is 15.3 Å². The number of amides is 1. The molecular formula is C16H13N3O3S. The first-order valence-corrected chi connectivity index (χ1v) is 8.65. The van der Waals surface area contributed by atoms with Crippen LogP contribution in [0.3, 0.4) is 0 Å². The zero-order valence-corrected chi connectivity index (χ0v) is 13.0. The van der Waals surface area contributed by atoms with Crippen molar-refractivity contribution in [3.63, 3.8) is 0 Å². The molecule has 0 unspecified atom stereocenters. The lowest BCUT2D eigenvalue weighted by atomic mass is 10.1. The Balaban J connectivity index is 1.82. The molecule has 0 aliphatic heterocycles. The molecule has 0 aliphatic rings. The summed E-state index contributed by atoms with van der Waals surface area (Å²) in [6.45, 7) is 0. The summed E-state index contributed by atoms with van der Waals surface area (Å²) in [4.78, 5) is 20.8. The molecule has 6 nitrogen and oxygen atoms in total. The molecule has 0 radical (unpaired) electrons. The monoisotopic (exact) mass is 327 g/mol. The molecule has 0 saturated carbocycles. The quantitative estimate of drug-likeness (QED) is 0.797. The number of hydrogen-bond acceptors (Lipinski definition) is 5. The summed E-state index contributed by atoms with van der Waals surface area (Å²) in [7, 11) is -3.25. The van der Waals surface area contributed by atoms with Crippen molar-refractivity contribution < 1.29 is 13.2 Å². The van der Waals surface area contributed by atoms with E-state index in [0.717, 1.165) is 6.26 Å². The van der Waals surface area contributed by atoms with Gasteiger partial charge in [0, 0.05) is 29.9 Å². The van der Waals surface area contributed by atoms with E-state index in [4.69, 9.17) is 0 Å². The molecule has 1 amide bonds. The van der Waals surface area contributed by atoms with Gasteiger partial charge in [-0.15, -0.1) is 0 Å². The summed E-state index contributed by atoms with van der Waals surface area (Å²) < 4.78 is 22.8. The van der Waals surface area contributed by atoms with Crippen molar-refractivity contribution >= 4 is 32.5 Å². The molecule has 23 heavy (non-hydrogen) atoms. The van der Waals surface area contributed by atoms with Crippen LogP contribution in [-0.2, 0) is 9.84 Å². The SMILES string of the molecule is CS(=O)(=O)c1ccc(NC(=O)c2ccc3nccnc3c2)cc1. The number of anilines is 1. The van der Waals surface area contributed by atoms with Gasteiger partial charge >= 0.3 is 0 Å². The molecule has 116 valence electrons. The van der Waals surface area contributed by atoms with Crippen LogP contribution < -0.4 is 5.32 Å². The second-order valence-electron chi connectivity index (χ2n) is 5.01. The van der Waals surface area contributed by atoms with Crippen LogP contribution >= 0.6 is 0 Å². The molecule has 1 aromatic heterocycles. The van der Waals surface area contributed by atoms with Crippen molar-refractivity contribution in [3.8, 4) is 0 Å². The van der Waals surface area contributed by atoms with E-state index in [0.29, 0.717) is 22.3 Å². The predicted octanol–water partition coefficient (Wildman–Crippen LogP) is 2.29. The van der Waals surface area contributed by atoms with Gasteiger partial charge in [-0.05, 0) is 42.5 Å². The maximum absolute atomic E-state index is 12.3. The number of sulfone groups is 1. The molecule has 0 fully saturated rings. The highest BCUT2D eigenvalue weighted by Crippen LogP contribution is 2.16. The van der Waals surface area contributed by atoms with E-state index in [1.165, 1.54) is 12.1 Å². The first-order chi connectivity index (χ1) is 10.9. The lowest BCUT2D eigenvalue weighted by molar-refractivity contribution is 0.102. The average molecular weight is 327 g/mol. The van der Waals surface area contributed by atoms with Crippen LogP contribution in [0.15, 0.2) is 59.8 Å². The number of benzene rings is 2. The summed E-state index contributed by atoms with van der Waals surface area (Å²) in [5, 5.41) is 2.72. The number of hydrogen-bond donors (Lipinski definition) is 1. The molecular weight excluding hydrogens is 314 g/mol. The lowest BCUT2D eigenvalue weighted by Gasteiger charge is -2.06. The number of aromatic nitrogens is 2. The molecule has 1 heterocycles. The van der Waals surface area contributed by atoms with Crippen molar-refractivity contribution in [1.82, 2.24) is 9.97 Å². The standard InChI is InChI=1S/C16H13N3O3S/c1-23(21,22)13-5-3-12(4-6-13)19-16(20)11-2-7-14-15(10-11)18-9-8-17-14/h2-10H,1H3,(H,19,20). The highest BCUT2D eigenvalue weighted by Gasteiger charge is 2.10. The summed E-state index contributed by atoms with van der Waals surface area (Å²) >= 11 is 0. The topological polar surface area (TPSA) is 89.0 Å². The number of fused-ring (bicyclic) bond motifs is 1. The van der Waals surface area contributed by atoms with Crippen LogP contribution in [-0.4, -0.2) is 30.5 Å². The largest absolute Gasteiger partial charge is 0.322 e. The Labute approximate surface area is 133 Å². The van der Waals surface area contributed by atoms with E-state index in [-0.39, 0.29) is 10.8 Å². The highest BCUT2D eigenvalue weighted by molar-refractivity contribution is 7.90. The fourth-order valence-corrected chi connectivity index (χ4v) is 2.72. The molecule has 0 aliphatic carbocycles. The van der Waals surface area contributed by atoms with Crippen LogP contribution in [0.25, 0.3) is 11.0 Å². The van der Waals surface area contributed by atoms with Crippen molar-refractivity contribution in [2.75, 3.05) is 11.6 Å². The smallest absolute Gasteiger partial charge is 0.255 e. The Hall–Kier alpha value is -2.80. The predicted molar refractivity (Wildman–Crippen MR) is 87.0 cm³/mol. The molecule has 3 aromatic rings. The minimum atomic E-state index is -3.25. The number of nitrogens with zero attached hydrogens (tertiary/aromatic N) is 2. The number of nitrogens with one attached hydrogen (secondary N) is 1. The molecule has 1 N–H and O–H groups in total. The molecule has 7 heteroatoms. The first kappa shape index (κ1) is 15.1. The van der Waals surface area contributed by atoms with Crippen molar-refractivity contribution in [3.05, 3.63) is 60.4 Å². The fraction of sp³-hybridized carbons (Fsp3) is 0.0625. The van der Waals surface area contributed by atoms with Gasteiger partial charge in [0.25, 0.3) is 5.91 Å². The molecule has 0 saturated heterocycles. The van der Waals surface area contributed by atoms with Gasteiger partial charge in [-0.3, -0.25) is 14.8 Å². The van der Waals surface area contributed by atoms with E-state index >= 15 is 0 Å². The Kier molecular flexibility index (Phi) is 3.79. The Morgan fingerprint density at radius 3 is 2.26 bits per heavy atom. The van der Waals surface area contributed by atoms with E-state index in [1.54, 1.807) is 42.7 Å². The van der Waals surface area contributed by atoms with Crippen LogP contribution in [0.4, 0.5) is 5.69 Å². The first-order valence-electron chi connectivity index (χ1n) is 6.76.